The number of amides is 1. The number of carbonyl (C=O) groups is 2. The van der Waals surface area contributed by atoms with Gasteiger partial charge in [0.05, 0.1) is 5.92 Å². The molecule has 0 fully saturated rings. The van der Waals surface area contributed by atoms with Crippen LogP contribution >= 0.6 is 0 Å². The van der Waals surface area contributed by atoms with E-state index >= 15 is 0 Å². The fourth-order valence-corrected chi connectivity index (χ4v) is 2.11. The van der Waals surface area contributed by atoms with Crippen LogP contribution in [0, 0.1) is 12.8 Å². The Kier molecular flexibility index (Phi) is 4.08. The molecule has 20 heavy (non-hydrogen) atoms. The van der Waals surface area contributed by atoms with Crippen molar-refractivity contribution < 1.29 is 14.7 Å². The van der Waals surface area contributed by atoms with Crippen molar-refractivity contribution in [2.45, 2.75) is 20.4 Å². The standard InChI is InChI=1S/C15H18N2O3/c1-10(15(19)20)8-16-14(18)9-17-11(2)7-12-5-3-4-6-13(12)17/h3-7,10H,8-9H2,1-2H3,(H,16,18)(H,19,20). The zero-order valence-electron chi connectivity index (χ0n) is 11.6. The minimum Gasteiger partial charge on any atom is -0.481 e. The van der Waals surface area contributed by atoms with Crippen LogP contribution in [0.15, 0.2) is 30.3 Å². The Morgan fingerprint density at radius 1 is 1.35 bits per heavy atom. The van der Waals surface area contributed by atoms with E-state index in [1.165, 1.54) is 0 Å². The van der Waals surface area contributed by atoms with Crippen molar-refractivity contribution in [1.29, 1.82) is 0 Å². The van der Waals surface area contributed by atoms with Gasteiger partial charge >= 0.3 is 5.97 Å². The van der Waals surface area contributed by atoms with Crippen molar-refractivity contribution in [1.82, 2.24) is 9.88 Å². The Hall–Kier alpha value is -2.30. The Bertz CT molecular complexity index is 646. The molecule has 1 aromatic carbocycles. The highest BCUT2D eigenvalue weighted by Gasteiger charge is 2.13. The first-order valence-electron chi connectivity index (χ1n) is 6.53. The van der Waals surface area contributed by atoms with Gasteiger partial charge in [0.2, 0.25) is 5.91 Å². The summed E-state index contributed by atoms with van der Waals surface area (Å²) >= 11 is 0. The molecular formula is C15H18N2O3. The summed E-state index contributed by atoms with van der Waals surface area (Å²) in [7, 11) is 0. The predicted octanol–water partition coefficient (Wildman–Crippen LogP) is 1.79. The molecule has 106 valence electrons. The van der Waals surface area contributed by atoms with Crippen LogP contribution in [-0.4, -0.2) is 28.1 Å². The molecule has 2 N–H and O–H groups in total. The summed E-state index contributed by atoms with van der Waals surface area (Å²) in [5.41, 5.74) is 2.01. The number of carboxylic acids is 1. The summed E-state index contributed by atoms with van der Waals surface area (Å²) in [5.74, 6) is -1.67. The van der Waals surface area contributed by atoms with E-state index in [9.17, 15) is 9.59 Å². The first kappa shape index (κ1) is 14.1. The molecule has 0 aliphatic heterocycles. The van der Waals surface area contributed by atoms with Gasteiger partial charge in [0, 0.05) is 17.8 Å². The van der Waals surface area contributed by atoms with Crippen molar-refractivity contribution in [3.8, 4) is 0 Å². The third-order valence-corrected chi connectivity index (χ3v) is 3.35. The number of para-hydroxylation sites is 1. The topological polar surface area (TPSA) is 71.3 Å². The molecule has 0 spiro atoms. The van der Waals surface area contributed by atoms with Crippen molar-refractivity contribution in [2.75, 3.05) is 6.54 Å². The first-order valence-corrected chi connectivity index (χ1v) is 6.53. The molecule has 1 aromatic heterocycles. The fourth-order valence-electron chi connectivity index (χ4n) is 2.11. The number of hydrogen-bond donors (Lipinski definition) is 2. The van der Waals surface area contributed by atoms with Gasteiger partial charge in [0.25, 0.3) is 0 Å². The zero-order chi connectivity index (χ0) is 14.7. The molecule has 2 rings (SSSR count). The van der Waals surface area contributed by atoms with E-state index in [1.54, 1.807) is 6.92 Å². The van der Waals surface area contributed by atoms with Crippen molar-refractivity contribution >= 4 is 22.8 Å². The quantitative estimate of drug-likeness (QED) is 0.873. The van der Waals surface area contributed by atoms with E-state index in [0.717, 1.165) is 16.6 Å². The molecule has 1 amide bonds. The highest BCUT2D eigenvalue weighted by Crippen LogP contribution is 2.18. The number of hydrogen-bond acceptors (Lipinski definition) is 2. The van der Waals surface area contributed by atoms with Gasteiger partial charge in [0.15, 0.2) is 0 Å². The average Bonchev–Trinajstić information content (AvgIpc) is 2.72. The van der Waals surface area contributed by atoms with Crippen LogP contribution in [0.1, 0.15) is 12.6 Å². The van der Waals surface area contributed by atoms with Crippen molar-refractivity contribution in [3.05, 3.63) is 36.0 Å². The summed E-state index contributed by atoms with van der Waals surface area (Å²) in [6.07, 6.45) is 0. The molecule has 5 nitrogen and oxygen atoms in total. The highest BCUT2D eigenvalue weighted by atomic mass is 16.4. The monoisotopic (exact) mass is 274 g/mol. The first-order chi connectivity index (χ1) is 9.49. The zero-order valence-corrected chi connectivity index (χ0v) is 11.6. The maximum Gasteiger partial charge on any atom is 0.308 e. The maximum absolute atomic E-state index is 11.9. The van der Waals surface area contributed by atoms with Crippen LogP contribution in [0.25, 0.3) is 10.9 Å². The average molecular weight is 274 g/mol. The Morgan fingerprint density at radius 2 is 2.05 bits per heavy atom. The van der Waals surface area contributed by atoms with E-state index in [0.29, 0.717) is 0 Å². The summed E-state index contributed by atoms with van der Waals surface area (Å²) in [6.45, 7) is 3.87. The minimum absolute atomic E-state index is 0.145. The molecule has 5 heteroatoms. The van der Waals surface area contributed by atoms with Gasteiger partial charge in [-0.3, -0.25) is 9.59 Å². The normalized spacial score (nSPS) is 12.3. The summed E-state index contributed by atoms with van der Waals surface area (Å²) in [4.78, 5) is 22.6. The van der Waals surface area contributed by atoms with Crippen molar-refractivity contribution in [3.63, 3.8) is 0 Å². The van der Waals surface area contributed by atoms with Gasteiger partial charge < -0.3 is 15.0 Å². The number of aliphatic carboxylic acids is 1. The lowest BCUT2D eigenvalue weighted by Crippen LogP contribution is -2.33. The van der Waals surface area contributed by atoms with Crippen LogP contribution in [-0.2, 0) is 16.1 Å². The number of nitrogens with zero attached hydrogens (tertiary/aromatic N) is 1. The lowest BCUT2D eigenvalue weighted by atomic mass is 10.2. The molecule has 0 aliphatic rings. The number of aromatic nitrogens is 1. The molecule has 0 saturated carbocycles. The minimum atomic E-state index is -0.909. The third-order valence-electron chi connectivity index (χ3n) is 3.35. The maximum atomic E-state index is 11.9. The summed E-state index contributed by atoms with van der Waals surface area (Å²) in [5, 5.41) is 12.5. The summed E-state index contributed by atoms with van der Waals surface area (Å²) in [6, 6.07) is 9.89. The lowest BCUT2D eigenvalue weighted by Gasteiger charge is -2.11. The predicted molar refractivity (Wildman–Crippen MR) is 76.5 cm³/mol. The molecule has 1 heterocycles. The van der Waals surface area contributed by atoms with Gasteiger partial charge in [-0.05, 0) is 24.4 Å². The number of aryl methyl sites for hydroxylation is 1. The molecule has 1 atom stereocenters. The second-order valence-corrected chi connectivity index (χ2v) is 4.97. The number of nitrogens with one attached hydrogen (secondary N) is 1. The van der Waals surface area contributed by atoms with E-state index in [1.807, 2.05) is 41.8 Å². The van der Waals surface area contributed by atoms with E-state index in [2.05, 4.69) is 5.32 Å². The number of carbonyl (C=O) groups excluding carboxylic acids is 1. The molecule has 2 aromatic rings. The second kappa shape index (κ2) is 5.77. The number of rotatable bonds is 5. The van der Waals surface area contributed by atoms with E-state index in [4.69, 9.17) is 5.11 Å². The molecule has 0 bridgehead atoms. The van der Waals surface area contributed by atoms with Crippen molar-refractivity contribution in [2.24, 2.45) is 5.92 Å². The van der Waals surface area contributed by atoms with Gasteiger partial charge in [0.1, 0.15) is 6.54 Å². The van der Waals surface area contributed by atoms with E-state index < -0.39 is 11.9 Å². The van der Waals surface area contributed by atoms with Crippen LogP contribution < -0.4 is 5.32 Å². The number of carboxylic acid groups (broad SMARTS) is 1. The molecule has 0 aliphatic carbocycles. The highest BCUT2D eigenvalue weighted by molar-refractivity contribution is 5.84. The number of benzene rings is 1. The molecular weight excluding hydrogens is 256 g/mol. The van der Waals surface area contributed by atoms with Crippen LogP contribution in [0.2, 0.25) is 0 Å². The molecule has 0 radical (unpaired) electrons. The van der Waals surface area contributed by atoms with E-state index in [-0.39, 0.29) is 19.0 Å². The van der Waals surface area contributed by atoms with Gasteiger partial charge in [-0.25, -0.2) is 0 Å². The molecule has 0 saturated heterocycles. The fraction of sp³-hybridized carbons (Fsp3) is 0.333. The van der Waals surface area contributed by atoms with Crippen LogP contribution in [0.4, 0.5) is 0 Å². The Morgan fingerprint density at radius 3 is 2.75 bits per heavy atom. The van der Waals surface area contributed by atoms with Gasteiger partial charge in [-0.2, -0.15) is 0 Å². The number of fused-ring (bicyclic) bond motifs is 1. The van der Waals surface area contributed by atoms with Gasteiger partial charge in [-0.15, -0.1) is 0 Å². The SMILES string of the molecule is Cc1cc2ccccc2n1CC(=O)NCC(C)C(=O)O. The summed E-state index contributed by atoms with van der Waals surface area (Å²) < 4.78 is 1.93. The molecule has 1 unspecified atom stereocenters. The Labute approximate surface area is 117 Å². The van der Waals surface area contributed by atoms with Crippen LogP contribution in [0.3, 0.4) is 0 Å². The largest absolute Gasteiger partial charge is 0.481 e. The second-order valence-electron chi connectivity index (χ2n) is 4.97. The lowest BCUT2D eigenvalue weighted by molar-refractivity contribution is -0.141. The Balaban J connectivity index is 2.06. The third kappa shape index (κ3) is 2.99. The smallest absolute Gasteiger partial charge is 0.308 e. The van der Waals surface area contributed by atoms with Gasteiger partial charge in [-0.1, -0.05) is 25.1 Å². The van der Waals surface area contributed by atoms with Crippen LogP contribution in [0.5, 0.6) is 0 Å².